The first-order chi connectivity index (χ1) is 13.9. The summed E-state index contributed by atoms with van der Waals surface area (Å²) < 4.78 is 0. The summed E-state index contributed by atoms with van der Waals surface area (Å²) in [6.45, 7) is 7.99. The van der Waals surface area contributed by atoms with E-state index < -0.39 is 0 Å². The largest absolute Gasteiger partial charge is 0.285 e. The molecule has 0 aromatic heterocycles. The Morgan fingerprint density at radius 3 is 1.31 bits per heavy atom. The molecule has 6 nitrogen and oxygen atoms in total. The van der Waals surface area contributed by atoms with Crippen LogP contribution in [0.4, 0.5) is 0 Å². The number of Topliss-reactive ketones (excluding diaryl/α,β-unsaturated/α-hetero) is 2. The van der Waals surface area contributed by atoms with Crippen molar-refractivity contribution in [2.45, 2.75) is 59.8 Å². The zero-order valence-corrected chi connectivity index (χ0v) is 17.1. The number of aliphatic imine (C=N–C) groups is 4. The summed E-state index contributed by atoms with van der Waals surface area (Å²) in [4.78, 5) is 41.0. The average Bonchev–Trinajstić information content (AvgIpc) is 3.47. The molecule has 0 bridgehead atoms. The summed E-state index contributed by atoms with van der Waals surface area (Å²) in [6, 6.07) is 0. The lowest BCUT2D eigenvalue weighted by Gasteiger charge is -2.01. The van der Waals surface area contributed by atoms with Crippen LogP contribution in [0.2, 0.25) is 0 Å². The highest BCUT2D eigenvalue weighted by Crippen LogP contribution is 2.43. The number of fused-ring (bicyclic) bond motifs is 2. The summed E-state index contributed by atoms with van der Waals surface area (Å²) in [5, 5.41) is 0. The number of hydrogen-bond acceptors (Lipinski definition) is 6. The van der Waals surface area contributed by atoms with Crippen LogP contribution in [0.1, 0.15) is 59.8 Å². The second kappa shape index (κ2) is 6.24. The fraction of sp³-hybridized carbons (Fsp3) is 0.391. The Morgan fingerprint density at radius 2 is 0.931 bits per heavy atom. The standard InChI is InChI=1S/C12H12N2O.C11H10N2O/c1-3-7-5-9-8-4-6(2)13-10(8)12(15)11(9)14-7;1-5-3-7-8-4-6(2)13-10(8)11(14)9(7)12-5/h3-5H2,1-2H3;3-4H2,1-2H3. The summed E-state index contributed by atoms with van der Waals surface area (Å²) in [7, 11) is 0. The normalized spacial score (nSPS) is 23.9. The summed E-state index contributed by atoms with van der Waals surface area (Å²) in [6.07, 6.45) is 4.31. The fourth-order valence-electron chi connectivity index (χ4n) is 4.64. The first-order valence-corrected chi connectivity index (χ1v) is 10.1. The monoisotopic (exact) mass is 386 g/mol. The van der Waals surface area contributed by atoms with E-state index in [-0.39, 0.29) is 11.6 Å². The fourth-order valence-corrected chi connectivity index (χ4v) is 4.64. The smallest absolute Gasteiger partial charge is 0.230 e. The second-order valence-corrected chi connectivity index (χ2v) is 8.25. The molecule has 0 spiro atoms. The zero-order chi connectivity index (χ0) is 20.4. The number of hydrogen-bond donors (Lipinski definition) is 0. The van der Waals surface area contributed by atoms with E-state index in [4.69, 9.17) is 0 Å². The van der Waals surface area contributed by atoms with Gasteiger partial charge in [0.2, 0.25) is 11.6 Å². The van der Waals surface area contributed by atoms with E-state index in [1.807, 2.05) is 20.8 Å². The van der Waals surface area contributed by atoms with E-state index >= 15 is 0 Å². The van der Waals surface area contributed by atoms with Gasteiger partial charge in [0.15, 0.2) is 0 Å². The van der Waals surface area contributed by atoms with Crippen molar-refractivity contribution >= 4 is 34.4 Å². The SMILES string of the molecule is CC1=NC2=C(C1)C1=C(N=C(C)C1)C2=O.CCC1=NC2=C(C1)C1=C(N=C(C)C1)C2=O. The molecule has 0 unspecified atom stereocenters. The molecule has 0 aromatic carbocycles. The predicted octanol–water partition coefficient (Wildman–Crippen LogP) is 4.00. The van der Waals surface area contributed by atoms with Crippen molar-refractivity contribution in [3.8, 4) is 0 Å². The molecule has 0 fully saturated rings. The molecular weight excluding hydrogens is 364 g/mol. The van der Waals surface area contributed by atoms with E-state index in [0.29, 0.717) is 22.8 Å². The molecule has 0 amide bonds. The third-order valence-electron chi connectivity index (χ3n) is 6.00. The lowest BCUT2D eigenvalue weighted by atomic mass is 10.00. The molecule has 29 heavy (non-hydrogen) atoms. The Hall–Kier alpha value is -3.02. The molecule has 4 heterocycles. The van der Waals surface area contributed by atoms with Crippen molar-refractivity contribution in [3.63, 3.8) is 0 Å². The van der Waals surface area contributed by atoms with E-state index in [1.54, 1.807) is 0 Å². The molecule has 0 saturated carbocycles. The van der Waals surface area contributed by atoms with Crippen molar-refractivity contribution in [2.75, 3.05) is 0 Å². The first-order valence-electron chi connectivity index (χ1n) is 10.1. The molecule has 6 heteroatoms. The summed E-state index contributed by atoms with van der Waals surface area (Å²) >= 11 is 0. The van der Waals surface area contributed by atoms with Crippen LogP contribution in [0.3, 0.4) is 0 Å². The molecule has 2 aliphatic carbocycles. The minimum atomic E-state index is 0.0312. The van der Waals surface area contributed by atoms with E-state index in [2.05, 4.69) is 26.9 Å². The van der Waals surface area contributed by atoms with Crippen LogP contribution >= 0.6 is 0 Å². The summed E-state index contributed by atoms with van der Waals surface area (Å²) in [5.74, 6) is 0.0731. The van der Waals surface area contributed by atoms with Crippen LogP contribution in [0, 0.1) is 0 Å². The maximum Gasteiger partial charge on any atom is 0.230 e. The molecule has 146 valence electrons. The van der Waals surface area contributed by atoms with Crippen molar-refractivity contribution in [3.05, 3.63) is 45.1 Å². The number of rotatable bonds is 1. The summed E-state index contributed by atoms with van der Waals surface area (Å²) in [5.41, 5.74) is 11.4. The second-order valence-electron chi connectivity index (χ2n) is 8.25. The quantitative estimate of drug-likeness (QED) is 0.682. The van der Waals surface area contributed by atoms with Gasteiger partial charge in [-0.2, -0.15) is 0 Å². The zero-order valence-electron chi connectivity index (χ0n) is 17.1. The number of nitrogens with zero attached hydrogens (tertiary/aromatic N) is 4. The third-order valence-corrected chi connectivity index (χ3v) is 6.00. The van der Waals surface area contributed by atoms with E-state index in [9.17, 15) is 9.59 Å². The van der Waals surface area contributed by atoms with Crippen molar-refractivity contribution < 1.29 is 9.59 Å². The van der Waals surface area contributed by atoms with E-state index in [1.165, 1.54) is 0 Å². The Labute approximate surface area is 169 Å². The van der Waals surface area contributed by atoms with Crippen LogP contribution in [-0.2, 0) is 9.59 Å². The van der Waals surface area contributed by atoms with Crippen molar-refractivity contribution in [1.29, 1.82) is 0 Å². The van der Waals surface area contributed by atoms with Gasteiger partial charge in [-0.3, -0.25) is 29.6 Å². The Kier molecular flexibility index (Phi) is 3.88. The van der Waals surface area contributed by atoms with Gasteiger partial charge in [0.25, 0.3) is 0 Å². The van der Waals surface area contributed by atoms with Gasteiger partial charge in [0.05, 0.1) is 0 Å². The van der Waals surface area contributed by atoms with E-state index in [0.717, 1.165) is 77.2 Å². The molecule has 6 aliphatic rings. The highest BCUT2D eigenvalue weighted by Gasteiger charge is 2.39. The number of carbonyl (C=O) groups excluding carboxylic acids is 2. The predicted molar refractivity (Wildman–Crippen MR) is 114 cm³/mol. The topological polar surface area (TPSA) is 83.6 Å². The van der Waals surface area contributed by atoms with Gasteiger partial charge in [-0.05, 0) is 49.5 Å². The number of ketones is 2. The number of carbonyl (C=O) groups is 2. The molecule has 0 radical (unpaired) electrons. The van der Waals surface area contributed by atoms with Gasteiger partial charge >= 0.3 is 0 Å². The van der Waals surface area contributed by atoms with Crippen LogP contribution < -0.4 is 0 Å². The van der Waals surface area contributed by atoms with Crippen LogP contribution in [-0.4, -0.2) is 34.4 Å². The number of allylic oxidation sites excluding steroid dienone is 4. The Morgan fingerprint density at radius 1 is 0.586 bits per heavy atom. The van der Waals surface area contributed by atoms with Crippen LogP contribution in [0.15, 0.2) is 65.1 Å². The van der Waals surface area contributed by atoms with Gasteiger partial charge in [0.1, 0.15) is 22.8 Å². The van der Waals surface area contributed by atoms with Crippen molar-refractivity contribution in [1.82, 2.24) is 0 Å². The maximum atomic E-state index is 11.9. The maximum absolute atomic E-state index is 11.9. The van der Waals surface area contributed by atoms with Crippen molar-refractivity contribution in [2.24, 2.45) is 20.0 Å². The molecule has 6 rings (SSSR count). The van der Waals surface area contributed by atoms with Gasteiger partial charge in [-0.25, -0.2) is 0 Å². The van der Waals surface area contributed by atoms with Crippen LogP contribution in [0.5, 0.6) is 0 Å². The van der Waals surface area contributed by atoms with Gasteiger partial charge in [-0.1, -0.05) is 6.92 Å². The molecular formula is C23H22N4O2. The molecule has 0 aromatic rings. The highest BCUT2D eigenvalue weighted by atomic mass is 16.1. The molecule has 0 N–H and O–H groups in total. The Bertz CT molecular complexity index is 1140. The minimum Gasteiger partial charge on any atom is -0.285 e. The lowest BCUT2D eigenvalue weighted by Crippen LogP contribution is -1.99. The van der Waals surface area contributed by atoms with Gasteiger partial charge < -0.3 is 0 Å². The average molecular weight is 386 g/mol. The Balaban J connectivity index is 0.000000125. The molecule has 4 aliphatic heterocycles. The molecule has 0 saturated heterocycles. The third kappa shape index (κ3) is 2.62. The lowest BCUT2D eigenvalue weighted by molar-refractivity contribution is -0.112. The molecule has 0 atom stereocenters. The van der Waals surface area contributed by atoms with Gasteiger partial charge in [-0.15, -0.1) is 0 Å². The van der Waals surface area contributed by atoms with Gasteiger partial charge in [0, 0.05) is 48.5 Å². The highest BCUT2D eigenvalue weighted by molar-refractivity contribution is 6.20. The minimum absolute atomic E-state index is 0.0312. The van der Waals surface area contributed by atoms with Crippen LogP contribution in [0.25, 0.3) is 0 Å². The first kappa shape index (κ1) is 18.0.